The fourth-order valence-corrected chi connectivity index (χ4v) is 2.60. The third-order valence-electron chi connectivity index (χ3n) is 4.28. The van der Waals surface area contributed by atoms with Crippen molar-refractivity contribution in [3.05, 3.63) is 76.7 Å². The average Bonchev–Trinajstić information content (AvgIpc) is 2.98. The van der Waals surface area contributed by atoms with Crippen molar-refractivity contribution in [1.29, 1.82) is 0 Å². The Morgan fingerprint density at radius 3 is 2.48 bits per heavy atom. The number of aromatic nitrogens is 2. The zero-order valence-corrected chi connectivity index (χ0v) is 14.5. The molecule has 25 heavy (non-hydrogen) atoms. The molecule has 1 amide bonds. The fraction of sp³-hybridized carbons (Fsp3) is 0.200. The maximum atomic E-state index is 12.9. The van der Waals surface area contributed by atoms with Crippen LogP contribution in [0.25, 0.3) is 11.3 Å². The molecule has 0 bridgehead atoms. The van der Waals surface area contributed by atoms with Gasteiger partial charge in [0.25, 0.3) is 5.91 Å². The number of rotatable bonds is 4. The molecule has 0 radical (unpaired) electrons. The lowest BCUT2D eigenvalue weighted by Gasteiger charge is -2.05. The minimum Gasteiger partial charge on any atom is -0.347 e. The van der Waals surface area contributed by atoms with E-state index in [1.807, 2.05) is 12.1 Å². The van der Waals surface area contributed by atoms with Crippen LogP contribution >= 0.6 is 0 Å². The van der Waals surface area contributed by atoms with Crippen LogP contribution in [0.1, 0.15) is 27.2 Å². The van der Waals surface area contributed by atoms with E-state index in [1.54, 1.807) is 29.9 Å². The van der Waals surface area contributed by atoms with Crippen molar-refractivity contribution < 1.29 is 9.18 Å². The first-order chi connectivity index (χ1) is 11.9. The monoisotopic (exact) mass is 337 g/mol. The Labute approximate surface area is 146 Å². The first kappa shape index (κ1) is 16.9. The lowest BCUT2D eigenvalue weighted by atomic mass is 10.0. The SMILES string of the molecule is Cc1ccc(-c2cc(C(=O)NCc3ccc(F)cc3)n(C)n2)cc1C. The van der Waals surface area contributed by atoms with Crippen LogP contribution in [0.15, 0.2) is 48.5 Å². The molecule has 2 aromatic carbocycles. The summed E-state index contributed by atoms with van der Waals surface area (Å²) in [5.74, 6) is -0.505. The van der Waals surface area contributed by atoms with E-state index in [9.17, 15) is 9.18 Å². The summed E-state index contributed by atoms with van der Waals surface area (Å²) in [4.78, 5) is 12.4. The van der Waals surface area contributed by atoms with E-state index in [2.05, 4.69) is 30.3 Å². The lowest BCUT2D eigenvalue weighted by Crippen LogP contribution is -2.25. The smallest absolute Gasteiger partial charge is 0.269 e. The molecule has 0 aliphatic carbocycles. The van der Waals surface area contributed by atoms with Crippen molar-refractivity contribution in [2.45, 2.75) is 20.4 Å². The molecule has 4 nitrogen and oxygen atoms in total. The lowest BCUT2D eigenvalue weighted by molar-refractivity contribution is 0.0941. The van der Waals surface area contributed by atoms with Crippen molar-refractivity contribution in [2.75, 3.05) is 0 Å². The van der Waals surface area contributed by atoms with E-state index in [0.717, 1.165) is 16.8 Å². The van der Waals surface area contributed by atoms with Gasteiger partial charge in [0.15, 0.2) is 0 Å². The third kappa shape index (κ3) is 3.76. The summed E-state index contributed by atoms with van der Waals surface area (Å²) in [6.07, 6.45) is 0. The molecule has 1 heterocycles. The van der Waals surface area contributed by atoms with Crippen molar-refractivity contribution in [3.63, 3.8) is 0 Å². The molecule has 1 N–H and O–H groups in total. The molecule has 1 aromatic heterocycles. The second kappa shape index (κ2) is 6.89. The van der Waals surface area contributed by atoms with Crippen LogP contribution in [-0.4, -0.2) is 15.7 Å². The van der Waals surface area contributed by atoms with Crippen LogP contribution in [0, 0.1) is 19.7 Å². The van der Waals surface area contributed by atoms with Crippen LogP contribution < -0.4 is 5.32 Å². The molecule has 0 saturated carbocycles. The van der Waals surface area contributed by atoms with Crippen molar-refractivity contribution in [3.8, 4) is 11.3 Å². The molecular weight excluding hydrogens is 317 g/mol. The predicted molar refractivity (Wildman–Crippen MR) is 95.7 cm³/mol. The Morgan fingerprint density at radius 2 is 1.80 bits per heavy atom. The zero-order chi connectivity index (χ0) is 18.0. The number of nitrogens with one attached hydrogen (secondary N) is 1. The average molecular weight is 337 g/mol. The molecule has 0 aliphatic heterocycles. The Kier molecular flexibility index (Phi) is 4.65. The molecule has 0 unspecified atom stereocenters. The van der Waals surface area contributed by atoms with Gasteiger partial charge in [-0.2, -0.15) is 5.10 Å². The summed E-state index contributed by atoms with van der Waals surface area (Å²) < 4.78 is 14.5. The number of benzene rings is 2. The van der Waals surface area contributed by atoms with E-state index in [-0.39, 0.29) is 11.7 Å². The van der Waals surface area contributed by atoms with Gasteiger partial charge in [0.05, 0.1) is 5.69 Å². The predicted octanol–water partition coefficient (Wildman–Crippen LogP) is 3.77. The molecule has 0 fully saturated rings. The largest absolute Gasteiger partial charge is 0.347 e. The third-order valence-corrected chi connectivity index (χ3v) is 4.28. The Bertz CT molecular complexity index is 913. The summed E-state index contributed by atoms with van der Waals surface area (Å²) in [5.41, 5.74) is 5.47. The van der Waals surface area contributed by atoms with Gasteiger partial charge in [-0.05, 0) is 54.8 Å². The second-order valence-corrected chi connectivity index (χ2v) is 6.15. The molecule has 0 aliphatic rings. The van der Waals surface area contributed by atoms with Crippen molar-refractivity contribution in [2.24, 2.45) is 7.05 Å². The highest BCUT2D eigenvalue weighted by Gasteiger charge is 2.14. The van der Waals surface area contributed by atoms with E-state index in [4.69, 9.17) is 0 Å². The molecular formula is C20H20FN3O. The fourth-order valence-electron chi connectivity index (χ4n) is 2.60. The van der Waals surface area contributed by atoms with Gasteiger partial charge in [0.2, 0.25) is 0 Å². The topological polar surface area (TPSA) is 46.9 Å². The van der Waals surface area contributed by atoms with Gasteiger partial charge in [0.1, 0.15) is 11.5 Å². The van der Waals surface area contributed by atoms with Crippen molar-refractivity contribution in [1.82, 2.24) is 15.1 Å². The quantitative estimate of drug-likeness (QED) is 0.788. The van der Waals surface area contributed by atoms with Crippen LogP contribution in [0.4, 0.5) is 4.39 Å². The summed E-state index contributed by atoms with van der Waals surface area (Å²) in [5, 5.41) is 7.28. The number of halogens is 1. The summed E-state index contributed by atoms with van der Waals surface area (Å²) in [7, 11) is 1.75. The van der Waals surface area contributed by atoms with E-state index < -0.39 is 0 Å². The molecule has 0 saturated heterocycles. The van der Waals surface area contributed by atoms with Crippen molar-refractivity contribution >= 4 is 5.91 Å². The maximum Gasteiger partial charge on any atom is 0.269 e. The summed E-state index contributed by atoms with van der Waals surface area (Å²) in [6.45, 7) is 4.45. The molecule has 5 heteroatoms. The standard InChI is InChI=1S/C20H20FN3O/c1-13-4-7-16(10-14(13)2)18-11-19(24(3)23-18)20(25)22-12-15-5-8-17(21)9-6-15/h4-11H,12H2,1-3H3,(H,22,25). The second-order valence-electron chi connectivity index (χ2n) is 6.15. The van der Waals surface area contributed by atoms with Gasteiger partial charge in [0, 0.05) is 19.2 Å². The Morgan fingerprint density at radius 1 is 1.08 bits per heavy atom. The number of carbonyl (C=O) groups is 1. The normalized spacial score (nSPS) is 10.7. The van der Waals surface area contributed by atoms with Gasteiger partial charge in [-0.3, -0.25) is 9.48 Å². The van der Waals surface area contributed by atoms with Crippen LogP contribution in [0.2, 0.25) is 0 Å². The van der Waals surface area contributed by atoms with E-state index >= 15 is 0 Å². The van der Waals surface area contributed by atoms with Gasteiger partial charge >= 0.3 is 0 Å². The van der Waals surface area contributed by atoms with Gasteiger partial charge in [-0.25, -0.2) is 4.39 Å². The Balaban J connectivity index is 1.76. The van der Waals surface area contributed by atoms with Gasteiger partial charge in [-0.1, -0.05) is 24.3 Å². The number of hydrogen-bond donors (Lipinski definition) is 1. The number of carbonyl (C=O) groups excluding carboxylic acids is 1. The number of aryl methyl sites for hydroxylation is 3. The molecule has 0 atom stereocenters. The molecule has 128 valence electrons. The van der Waals surface area contributed by atoms with Crippen LogP contribution in [-0.2, 0) is 13.6 Å². The minimum absolute atomic E-state index is 0.214. The first-order valence-electron chi connectivity index (χ1n) is 8.08. The van der Waals surface area contributed by atoms with Gasteiger partial charge in [-0.15, -0.1) is 0 Å². The van der Waals surface area contributed by atoms with Crippen LogP contribution in [0.3, 0.4) is 0 Å². The molecule has 3 rings (SSSR count). The van der Waals surface area contributed by atoms with Gasteiger partial charge < -0.3 is 5.32 Å². The number of nitrogens with zero attached hydrogens (tertiary/aromatic N) is 2. The minimum atomic E-state index is -0.292. The zero-order valence-electron chi connectivity index (χ0n) is 14.5. The first-order valence-corrected chi connectivity index (χ1v) is 8.08. The van der Waals surface area contributed by atoms with Crippen LogP contribution in [0.5, 0.6) is 0 Å². The molecule has 0 spiro atoms. The molecule has 3 aromatic rings. The van der Waals surface area contributed by atoms with E-state index in [1.165, 1.54) is 23.3 Å². The maximum absolute atomic E-state index is 12.9. The number of amides is 1. The summed E-state index contributed by atoms with van der Waals surface area (Å²) in [6, 6.07) is 14.0. The highest BCUT2D eigenvalue weighted by atomic mass is 19.1. The highest BCUT2D eigenvalue weighted by molar-refractivity contribution is 5.93. The highest BCUT2D eigenvalue weighted by Crippen LogP contribution is 2.21. The van der Waals surface area contributed by atoms with E-state index in [0.29, 0.717) is 12.2 Å². The Hall–Kier alpha value is -2.95. The summed E-state index contributed by atoms with van der Waals surface area (Å²) >= 11 is 0. The number of hydrogen-bond acceptors (Lipinski definition) is 2.